The maximum Gasteiger partial charge on any atom is 0.267 e. The molecule has 148 valence electrons. The molecule has 1 unspecified atom stereocenters. The molecule has 1 fully saturated rings. The summed E-state index contributed by atoms with van der Waals surface area (Å²) in [7, 11) is 0. The van der Waals surface area contributed by atoms with Crippen LogP contribution in [0.25, 0.3) is 0 Å². The number of nitrogens with one attached hydrogen (secondary N) is 1. The van der Waals surface area contributed by atoms with Crippen LogP contribution in [0.3, 0.4) is 0 Å². The number of rotatable bonds is 6. The van der Waals surface area contributed by atoms with Gasteiger partial charge < -0.3 is 30.6 Å². The van der Waals surface area contributed by atoms with Crippen LogP contribution in [0.1, 0.15) is 5.56 Å². The second-order valence-electron chi connectivity index (χ2n) is 6.74. The molecule has 0 radical (unpaired) electrons. The summed E-state index contributed by atoms with van der Waals surface area (Å²) in [5.74, 6) is 0.409. The van der Waals surface area contributed by atoms with E-state index in [4.69, 9.17) is 4.74 Å². The largest absolute Gasteiger partial charge is 0.618 e. The van der Waals surface area contributed by atoms with Gasteiger partial charge in [0.25, 0.3) is 5.82 Å². The summed E-state index contributed by atoms with van der Waals surface area (Å²) in [6, 6.07) is 9.92. The number of hydroxylamine groups is 2. The zero-order chi connectivity index (χ0) is 19.7. The van der Waals surface area contributed by atoms with Crippen molar-refractivity contribution < 1.29 is 20.1 Å². The molecule has 4 N–H and O–H groups in total. The van der Waals surface area contributed by atoms with Crippen LogP contribution in [0, 0.1) is 5.21 Å². The first-order valence-corrected chi connectivity index (χ1v) is 8.95. The third kappa shape index (κ3) is 3.15. The number of hydrogen-bond acceptors (Lipinski definition) is 9. The molecule has 3 heterocycles. The second-order valence-corrected chi connectivity index (χ2v) is 6.74. The van der Waals surface area contributed by atoms with Crippen LogP contribution >= 0.6 is 0 Å². The lowest BCUT2D eigenvalue weighted by molar-refractivity contribution is -0.0548. The fourth-order valence-corrected chi connectivity index (χ4v) is 3.42. The first-order valence-electron chi connectivity index (χ1n) is 8.95. The first kappa shape index (κ1) is 18.9. The molecule has 2 aromatic rings. The van der Waals surface area contributed by atoms with Crippen LogP contribution in [-0.4, -0.2) is 69.3 Å². The van der Waals surface area contributed by atoms with Gasteiger partial charge >= 0.3 is 0 Å². The van der Waals surface area contributed by atoms with Crippen molar-refractivity contribution in [2.45, 2.75) is 31.0 Å². The van der Waals surface area contributed by atoms with E-state index in [-0.39, 0.29) is 11.5 Å². The highest BCUT2D eigenvalue weighted by atomic mass is 16.7. The number of hydrogen-bond donors (Lipinski definition) is 4. The van der Waals surface area contributed by atoms with E-state index in [1.54, 1.807) is 0 Å². The summed E-state index contributed by atoms with van der Waals surface area (Å²) >= 11 is 0. The lowest BCUT2D eigenvalue weighted by Gasteiger charge is -2.39. The molecular formula is C18H21N5O5. The number of aromatic nitrogens is 2. The van der Waals surface area contributed by atoms with Crippen molar-refractivity contribution in [1.82, 2.24) is 14.6 Å². The van der Waals surface area contributed by atoms with E-state index in [9.17, 15) is 20.5 Å². The fourth-order valence-electron chi connectivity index (χ4n) is 3.42. The highest BCUT2D eigenvalue weighted by Gasteiger charge is 2.54. The number of aliphatic hydroxyl groups is 3. The van der Waals surface area contributed by atoms with E-state index in [0.717, 1.165) is 18.3 Å². The van der Waals surface area contributed by atoms with Crippen LogP contribution < -0.4 is 9.96 Å². The van der Waals surface area contributed by atoms with E-state index in [2.05, 4.69) is 20.3 Å². The standard InChI is InChI=1S/C18H21N5O5/c24-8-12-14(25)15(26)18(28-12)23(27)10-22-13-16(20-9-21-17(13)23)19-7-6-11-4-2-1-3-5-11/h1-5,9-10,12,14-15,18,24-26H,6-8H2,(H,19,20,21)/t12-,14-,15-,18-,23?/m1/s1. The van der Waals surface area contributed by atoms with Gasteiger partial charge in [0.15, 0.2) is 23.9 Å². The van der Waals surface area contributed by atoms with Gasteiger partial charge in [-0.1, -0.05) is 30.3 Å². The molecule has 5 atom stereocenters. The van der Waals surface area contributed by atoms with Crippen molar-refractivity contribution >= 4 is 23.7 Å². The Morgan fingerprint density at radius 3 is 2.64 bits per heavy atom. The van der Waals surface area contributed by atoms with E-state index in [0.29, 0.717) is 12.4 Å². The molecule has 4 rings (SSSR count). The summed E-state index contributed by atoms with van der Waals surface area (Å²) < 4.78 is 4.10. The highest BCUT2D eigenvalue weighted by Crippen LogP contribution is 2.43. The summed E-state index contributed by atoms with van der Waals surface area (Å²) in [5.41, 5.74) is 1.42. The van der Waals surface area contributed by atoms with Crippen molar-refractivity contribution in [2.24, 2.45) is 4.99 Å². The molecule has 1 aromatic carbocycles. The summed E-state index contributed by atoms with van der Waals surface area (Å²) in [6.07, 6.45) is -2.24. The Bertz CT molecular complexity index is 867. The maximum absolute atomic E-state index is 13.4. The van der Waals surface area contributed by atoms with Crippen molar-refractivity contribution in [2.75, 3.05) is 18.5 Å². The SMILES string of the molecule is [O-][N+]1([C@@H]2O[C@H](CO)[C@@H](O)[C@H]2O)C=Nc2c(NCCc3ccccc3)ncnc21. The zero-order valence-electron chi connectivity index (χ0n) is 14.9. The average Bonchev–Trinajstić information content (AvgIpc) is 3.21. The molecular weight excluding hydrogens is 366 g/mol. The third-order valence-corrected chi connectivity index (χ3v) is 4.94. The number of ether oxygens (including phenoxy) is 1. The Kier molecular flexibility index (Phi) is 5.06. The minimum atomic E-state index is -1.49. The Morgan fingerprint density at radius 2 is 1.93 bits per heavy atom. The Hall–Kier alpha value is -2.47. The predicted molar refractivity (Wildman–Crippen MR) is 102 cm³/mol. The van der Waals surface area contributed by atoms with Gasteiger partial charge in [0, 0.05) is 6.54 Å². The fraction of sp³-hybridized carbons (Fsp3) is 0.389. The molecule has 2 aliphatic heterocycles. The highest BCUT2D eigenvalue weighted by molar-refractivity contribution is 5.92. The van der Waals surface area contributed by atoms with Gasteiger partial charge in [-0.3, -0.25) is 0 Å². The number of nitrogens with zero attached hydrogens (tertiary/aromatic N) is 4. The van der Waals surface area contributed by atoms with E-state index in [1.165, 1.54) is 6.33 Å². The molecule has 0 saturated carbocycles. The number of anilines is 1. The maximum atomic E-state index is 13.4. The van der Waals surface area contributed by atoms with Crippen LogP contribution in [0.4, 0.5) is 17.3 Å². The van der Waals surface area contributed by atoms with E-state index >= 15 is 0 Å². The molecule has 10 nitrogen and oxygen atoms in total. The molecule has 1 saturated heterocycles. The topological polar surface area (TPSA) is 143 Å². The Labute approximate surface area is 160 Å². The van der Waals surface area contributed by atoms with Crippen molar-refractivity contribution in [1.29, 1.82) is 0 Å². The molecule has 10 heteroatoms. The average molecular weight is 387 g/mol. The summed E-state index contributed by atoms with van der Waals surface area (Å²) in [6.45, 7) is 0.0600. The van der Waals surface area contributed by atoms with Crippen molar-refractivity contribution in [3.63, 3.8) is 0 Å². The monoisotopic (exact) mass is 387 g/mol. The van der Waals surface area contributed by atoms with Gasteiger partial charge in [0.05, 0.1) is 6.61 Å². The van der Waals surface area contributed by atoms with E-state index in [1.807, 2.05) is 30.3 Å². The van der Waals surface area contributed by atoms with Gasteiger partial charge in [-0.25, -0.2) is 9.63 Å². The molecule has 28 heavy (non-hydrogen) atoms. The van der Waals surface area contributed by atoms with Gasteiger partial charge in [0.2, 0.25) is 6.23 Å². The summed E-state index contributed by atoms with van der Waals surface area (Å²) in [4.78, 5) is 12.3. The van der Waals surface area contributed by atoms with Crippen LogP contribution in [0.5, 0.6) is 0 Å². The lowest BCUT2D eigenvalue weighted by atomic mass is 10.1. The van der Waals surface area contributed by atoms with Gasteiger partial charge in [-0.15, -0.1) is 0 Å². The smallest absolute Gasteiger partial charge is 0.267 e. The third-order valence-electron chi connectivity index (χ3n) is 4.94. The minimum absolute atomic E-state index is 0.00653. The molecule has 0 bridgehead atoms. The number of quaternary nitrogens is 1. The predicted octanol–water partition coefficient (Wildman–Crippen LogP) is 0.0487. The zero-order valence-corrected chi connectivity index (χ0v) is 14.9. The first-order chi connectivity index (χ1) is 13.5. The van der Waals surface area contributed by atoms with Crippen LogP contribution in [-0.2, 0) is 11.2 Å². The number of benzene rings is 1. The van der Waals surface area contributed by atoms with Gasteiger partial charge in [0.1, 0.15) is 18.5 Å². The van der Waals surface area contributed by atoms with Crippen LogP contribution in [0.2, 0.25) is 0 Å². The Balaban J connectivity index is 1.53. The normalized spacial score (nSPS) is 31.1. The lowest BCUT2D eigenvalue weighted by Crippen LogP contribution is -2.55. The minimum Gasteiger partial charge on any atom is -0.618 e. The number of fused-ring (bicyclic) bond motifs is 1. The Morgan fingerprint density at radius 1 is 1.14 bits per heavy atom. The van der Waals surface area contributed by atoms with Crippen LogP contribution in [0.15, 0.2) is 41.7 Å². The quantitative estimate of drug-likeness (QED) is 0.402. The molecule has 0 amide bonds. The molecule has 0 spiro atoms. The summed E-state index contributed by atoms with van der Waals surface area (Å²) in [5, 5.41) is 46.0. The number of aliphatic imine (C=N–C) groups is 1. The van der Waals surface area contributed by atoms with E-state index < -0.39 is 35.8 Å². The molecule has 0 aliphatic carbocycles. The molecule has 2 aliphatic rings. The van der Waals surface area contributed by atoms with Gasteiger partial charge in [-0.2, -0.15) is 9.98 Å². The van der Waals surface area contributed by atoms with Crippen molar-refractivity contribution in [3.05, 3.63) is 47.4 Å². The second kappa shape index (κ2) is 7.51. The molecule has 1 aromatic heterocycles. The van der Waals surface area contributed by atoms with Crippen molar-refractivity contribution in [3.8, 4) is 0 Å². The number of aliphatic hydroxyl groups excluding tert-OH is 3. The van der Waals surface area contributed by atoms with Gasteiger partial charge in [-0.05, 0) is 12.0 Å².